The van der Waals surface area contributed by atoms with E-state index in [-0.39, 0.29) is 12.1 Å². The first-order chi connectivity index (χ1) is 14.6. The van der Waals surface area contributed by atoms with Crippen molar-refractivity contribution in [1.29, 1.82) is 0 Å². The molecule has 1 saturated carbocycles. The molecular formula is C22H19ClFN5O. The average molecular weight is 424 g/mol. The van der Waals surface area contributed by atoms with Crippen LogP contribution in [-0.2, 0) is 0 Å². The van der Waals surface area contributed by atoms with Gasteiger partial charge in [-0.3, -0.25) is 4.79 Å². The summed E-state index contributed by atoms with van der Waals surface area (Å²) in [7, 11) is 0. The van der Waals surface area contributed by atoms with Crippen molar-refractivity contribution >= 4 is 29.4 Å². The van der Waals surface area contributed by atoms with Gasteiger partial charge in [0.05, 0.1) is 10.7 Å². The smallest absolute Gasteiger partial charge is 0.160 e. The Morgan fingerprint density at radius 2 is 2.00 bits per heavy atom. The van der Waals surface area contributed by atoms with E-state index in [1.165, 1.54) is 12.1 Å². The van der Waals surface area contributed by atoms with Crippen LogP contribution in [0.1, 0.15) is 23.2 Å². The van der Waals surface area contributed by atoms with E-state index in [4.69, 9.17) is 11.6 Å². The molecule has 0 radical (unpaired) electrons. The molecule has 1 aliphatic heterocycles. The highest BCUT2D eigenvalue weighted by Crippen LogP contribution is 2.43. The molecule has 2 aliphatic rings. The number of halogens is 2. The largest absolute Gasteiger partial charge is 0.366 e. The number of hydrogen-bond donors (Lipinski definition) is 1. The van der Waals surface area contributed by atoms with Crippen molar-refractivity contribution in [3.63, 3.8) is 0 Å². The van der Waals surface area contributed by atoms with Crippen LogP contribution in [0.15, 0.2) is 48.9 Å². The van der Waals surface area contributed by atoms with E-state index in [1.807, 2.05) is 6.07 Å². The fourth-order valence-electron chi connectivity index (χ4n) is 4.70. The van der Waals surface area contributed by atoms with Crippen LogP contribution in [0.4, 0.5) is 15.9 Å². The molecule has 1 N–H and O–H groups in total. The normalized spacial score (nSPS) is 22.3. The lowest BCUT2D eigenvalue weighted by Crippen LogP contribution is -2.45. The number of anilines is 2. The van der Waals surface area contributed by atoms with E-state index in [2.05, 4.69) is 25.2 Å². The molecule has 3 aromatic rings. The molecule has 8 heteroatoms. The Balaban J connectivity index is 1.49. The number of nitrogens with one attached hydrogen (secondary N) is 1. The van der Waals surface area contributed by atoms with Crippen molar-refractivity contribution in [3.05, 3.63) is 65.3 Å². The summed E-state index contributed by atoms with van der Waals surface area (Å²) in [6, 6.07) is 8.38. The lowest BCUT2D eigenvalue weighted by atomic mass is 10.00. The maximum absolute atomic E-state index is 14.6. The van der Waals surface area contributed by atoms with Gasteiger partial charge in [-0.1, -0.05) is 11.6 Å². The molecule has 2 aromatic heterocycles. The van der Waals surface area contributed by atoms with E-state index >= 15 is 0 Å². The molecule has 3 atom stereocenters. The summed E-state index contributed by atoms with van der Waals surface area (Å²) in [5.41, 5.74) is 1.42. The van der Waals surface area contributed by atoms with Gasteiger partial charge in [-0.25, -0.2) is 19.3 Å². The maximum atomic E-state index is 14.6. The van der Waals surface area contributed by atoms with Crippen LogP contribution in [0.3, 0.4) is 0 Å². The van der Waals surface area contributed by atoms with E-state index in [9.17, 15) is 9.18 Å². The number of hydrogen-bond acceptors (Lipinski definition) is 6. The van der Waals surface area contributed by atoms with Crippen molar-refractivity contribution in [2.75, 3.05) is 16.8 Å². The Morgan fingerprint density at radius 1 is 1.17 bits per heavy atom. The fourth-order valence-corrected chi connectivity index (χ4v) is 4.81. The molecule has 152 valence electrons. The number of carbonyl (C=O) groups is 1. The highest BCUT2D eigenvalue weighted by molar-refractivity contribution is 6.30. The summed E-state index contributed by atoms with van der Waals surface area (Å²) in [6.07, 6.45) is 7.54. The molecule has 2 fully saturated rings. The number of piperidine rings is 1. The number of aromatic nitrogens is 3. The Hall–Kier alpha value is -3.06. The van der Waals surface area contributed by atoms with Crippen molar-refractivity contribution in [2.24, 2.45) is 5.92 Å². The van der Waals surface area contributed by atoms with Crippen LogP contribution in [0.5, 0.6) is 0 Å². The summed E-state index contributed by atoms with van der Waals surface area (Å²) in [5.74, 6) is 1.15. The van der Waals surface area contributed by atoms with E-state index in [1.54, 1.807) is 30.7 Å². The standard InChI is InChI=1S/C22H19ClFN5O/c23-14-2-3-21(27-10-14)28-18-6-13-7-20(18)29(11-13)19-9-15(24)8-16(17(19)12-30)22-25-4-1-5-26-22/h1-5,8-10,12-13,18,20H,6-7,11H2,(H,27,28)/t13-,18+,20-/m0/s1. The van der Waals surface area contributed by atoms with Gasteiger partial charge in [-0.05, 0) is 49.1 Å². The number of aldehydes is 1. The second kappa shape index (κ2) is 7.65. The van der Waals surface area contributed by atoms with Gasteiger partial charge < -0.3 is 10.2 Å². The van der Waals surface area contributed by atoms with Crippen LogP contribution in [0.25, 0.3) is 11.4 Å². The molecule has 1 aromatic carbocycles. The quantitative estimate of drug-likeness (QED) is 0.619. The van der Waals surface area contributed by atoms with Gasteiger partial charge in [0.25, 0.3) is 0 Å². The van der Waals surface area contributed by atoms with Crippen LogP contribution in [0.2, 0.25) is 5.02 Å². The lowest BCUT2D eigenvalue weighted by Gasteiger charge is -2.36. The van der Waals surface area contributed by atoms with E-state index in [0.29, 0.717) is 33.6 Å². The third-order valence-electron chi connectivity index (χ3n) is 5.90. The van der Waals surface area contributed by atoms with Gasteiger partial charge >= 0.3 is 0 Å². The van der Waals surface area contributed by atoms with Crippen molar-refractivity contribution in [2.45, 2.75) is 24.9 Å². The molecule has 30 heavy (non-hydrogen) atoms. The minimum Gasteiger partial charge on any atom is -0.366 e. The first kappa shape index (κ1) is 18.9. The molecule has 6 nitrogen and oxygen atoms in total. The summed E-state index contributed by atoms with van der Waals surface area (Å²) >= 11 is 5.93. The van der Waals surface area contributed by atoms with E-state index < -0.39 is 5.82 Å². The number of carbonyl (C=O) groups excluding carboxylic acids is 1. The zero-order valence-corrected chi connectivity index (χ0v) is 16.8. The van der Waals surface area contributed by atoms with Crippen LogP contribution < -0.4 is 10.2 Å². The number of fused-ring (bicyclic) bond motifs is 2. The van der Waals surface area contributed by atoms with Gasteiger partial charge in [0.1, 0.15) is 11.6 Å². The Labute approximate surface area is 178 Å². The molecule has 3 heterocycles. The summed E-state index contributed by atoms with van der Waals surface area (Å²) in [4.78, 5) is 26.9. The Bertz CT molecular complexity index is 1080. The molecule has 2 bridgehead atoms. The van der Waals surface area contributed by atoms with Crippen molar-refractivity contribution in [3.8, 4) is 11.4 Å². The second-order valence-corrected chi connectivity index (χ2v) is 8.18. The Morgan fingerprint density at radius 3 is 2.70 bits per heavy atom. The molecule has 0 amide bonds. The average Bonchev–Trinajstić information content (AvgIpc) is 3.36. The number of pyridine rings is 1. The first-order valence-corrected chi connectivity index (χ1v) is 10.2. The topological polar surface area (TPSA) is 71.0 Å². The molecular weight excluding hydrogens is 405 g/mol. The maximum Gasteiger partial charge on any atom is 0.160 e. The van der Waals surface area contributed by atoms with Gasteiger partial charge in [0.2, 0.25) is 0 Å². The van der Waals surface area contributed by atoms with Gasteiger partial charge in [-0.15, -0.1) is 0 Å². The van der Waals surface area contributed by atoms with Gasteiger partial charge in [0, 0.05) is 48.3 Å². The predicted octanol–water partition coefficient (Wildman–Crippen LogP) is 4.22. The summed E-state index contributed by atoms with van der Waals surface area (Å²) in [5, 5.41) is 4.06. The summed E-state index contributed by atoms with van der Waals surface area (Å²) in [6.45, 7) is 0.788. The summed E-state index contributed by atoms with van der Waals surface area (Å²) < 4.78 is 14.6. The predicted molar refractivity (Wildman–Crippen MR) is 113 cm³/mol. The van der Waals surface area contributed by atoms with Crippen LogP contribution in [0, 0.1) is 11.7 Å². The highest BCUT2D eigenvalue weighted by atomic mass is 35.5. The first-order valence-electron chi connectivity index (χ1n) is 9.83. The Kier molecular flexibility index (Phi) is 4.83. The van der Waals surface area contributed by atoms with Crippen LogP contribution >= 0.6 is 11.6 Å². The molecule has 1 saturated heterocycles. The number of rotatable bonds is 5. The van der Waals surface area contributed by atoms with E-state index in [0.717, 1.165) is 31.5 Å². The second-order valence-electron chi connectivity index (χ2n) is 7.75. The lowest BCUT2D eigenvalue weighted by molar-refractivity contribution is 0.112. The molecule has 0 unspecified atom stereocenters. The van der Waals surface area contributed by atoms with Gasteiger partial charge in [0.15, 0.2) is 12.1 Å². The molecule has 1 aliphatic carbocycles. The zero-order valence-electron chi connectivity index (χ0n) is 16.0. The molecule has 0 spiro atoms. The third-order valence-corrected chi connectivity index (χ3v) is 6.12. The number of nitrogens with zero attached hydrogens (tertiary/aromatic N) is 4. The number of benzene rings is 1. The monoisotopic (exact) mass is 423 g/mol. The SMILES string of the molecule is O=Cc1c(-c2ncccn2)cc(F)cc1N1C[C@H]2C[C@@H](Nc3ccc(Cl)cn3)[C@@H]1C2. The van der Waals surface area contributed by atoms with Crippen molar-refractivity contribution in [1.82, 2.24) is 15.0 Å². The third kappa shape index (κ3) is 3.39. The fraction of sp³-hybridized carbons (Fsp3) is 0.273. The van der Waals surface area contributed by atoms with Crippen molar-refractivity contribution < 1.29 is 9.18 Å². The minimum absolute atomic E-state index is 0.137. The zero-order chi connectivity index (χ0) is 20.7. The minimum atomic E-state index is -0.412. The highest BCUT2D eigenvalue weighted by Gasteiger charge is 2.46. The molecule has 5 rings (SSSR count). The van der Waals surface area contributed by atoms with Crippen LogP contribution in [-0.4, -0.2) is 39.9 Å². The van der Waals surface area contributed by atoms with Gasteiger partial charge in [-0.2, -0.15) is 0 Å².